The number of anilines is 1. The summed E-state index contributed by atoms with van der Waals surface area (Å²) in [6, 6.07) is 7.55. The maximum atomic E-state index is 11.8. The summed E-state index contributed by atoms with van der Waals surface area (Å²) in [7, 11) is 0. The SMILES string of the molecule is CSc1ccccc1N1CC(C(=O)O)CC1=O. The van der Waals surface area contributed by atoms with Crippen LogP contribution in [-0.2, 0) is 9.59 Å². The van der Waals surface area contributed by atoms with Gasteiger partial charge in [-0.15, -0.1) is 11.8 Å². The Morgan fingerprint density at radius 2 is 2.18 bits per heavy atom. The number of carboxylic acids is 1. The van der Waals surface area contributed by atoms with Crippen molar-refractivity contribution < 1.29 is 14.7 Å². The second-order valence-electron chi connectivity index (χ2n) is 3.92. The molecule has 17 heavy (non-hydrogen) atoms. The number of carboxylic acid groups (broad SMARTS) is 1. The number of aliphatic carboxylic acids is 1. The molecule has 0 aromatic heterocycles. The third-order valence-corrected chi connectivity index (χ3v) is 3.64. The first-order valence-corrected chi connectivity index (χ1v) is 6.52. The zero-order chi connectivity index (χ0) is 12.4. The number of nitrogens with zero attached hydrogens (tertiary/aromatic N) is 1. The molecule has 0 spiro atoms. The fourth-order valence-corrected chi connectivity index (χ4v) is 2.56. The molecule has 1 aliphatic heterocycles. The van der Waals surface area contributed by atoms with Gasteiger partial charge in [0.05, 0.1) is 11.6 Å². The van der Waals surface area contributed by atoms with Gasteiger partial charge in [-0.2, -0.15) is 0 Å². The number of rotatable bonds is 3. The molecule has 0 saturated carbocycles. The van der Waals surface area contributed by atoms with Gasteiger partial charge in [-0.25, -0.2) is 0 Å². The maximum Gasteiger partial charge on any atom is 0.308 e. The monoisotopic (exact) mass is 251 g/mol. The van der Waals surface area contributed by atoms with E-state index >= 15 is 0 Å². The predicted octanol–water partition coefficient (Wildman–Crippen LogP) is 1.85. The normalized spacial score (nSPS) is 19.7. The quantitative estimate of drug-likeness (QED) is 0.833. The van der Waals surface area contributed by atoms with Gasteiger partial charge in [0.2, 0.25) is 5.91 Å². The topological polar surface area (TPSA) is 57.6 Å². The van der Waals surface area contributed by atoms with Gasteiger partial charge in [-0.3, -0.25) is 9.59 Å². The van der Waals surface area contributed by atoms with Crippen molar-refractivity contribution >= 4 is 29.3 Å². The number of carbonyl (C=O) groups is 2. The standard InChI is InChI=1S/C12H13NO3S/c1-17-10-5-3-2-4-9(10)13-7-8(12(15)16)6-11(13)14/h2-5,8H,6-7H2,1H3,(H,15,16). The van der Waals surface area contributed by atoms with Crippen molar-refractivity contribution in [1.82, 2.24) is 0 Å². The van der Waals surface area contributed by atoms with E-state index in [1.54, 1.807) is 16.7 Å². The van der Waals surface area contributed by atoms with Gasteiger partial charge in [0.25, 0.3) is 0 Å². The van der Waals surface area contributed by atoms with Gasteiger partial charge in [-0.05, 0) is 18.4 Å². The van der Waals surface area contributed by atoms with Gasteiger partial charge in [0.15, 0.2) is 0 Å². The summed E-state index contributed by atoms with van der Waals surface area (Å²) in [4.78, 5) is 25.3. The highest BCUT2D eigenvalue weighted by molar-refractivity contribution is 7.98. The van der Waals surface area contributed by atoms with Crippen LogP contribution in [0.1, 0.15) is 6.42 Å². The van der Waals surface area contributed by atoms with Crippen molar-refractivity contribution in [2.24, 2.45) is 5.92 Å². The van der Waals surface area contributed by atoms with E-state index in [9.17, 15) is 9.59 Å². The third-order valence-electron chi connectivity index (χ3n) is 2.85. The van der Waals surface area contributed by atoms with Gasteiger partial charge in [0.1, 0.15) is 0 Å². The average Bonchev–Trinajstić information content (AvgIpc) is 2.71. The maximum absolute atomic E-state index is 11.8. The Balaban J connectivity index is 2.29. The van der Waals surface area contributed by atoms with Crippen molar-refractivity contribution in [2.45, 2.75) is 11.3 Å². The molecule has 90 valence electrons. The molecule has 1 unspecified atom stereocenters. The van der Waals surface area contributed by atoms with Crippen LogP contribution in [0.2, 0.25) is 0 Å². The highest BCUT2D eigenvalue weighted by atomic mass is 32.2. The lowest BCUT2D eigenvalue weighted by atomic mass is 10.1. The summed E-state index contributed by atoms with van der Waals surface area (Å²) < 4.78 is 0. The molecule has 2 rings (SSSR count). The van der Waals surface area contributed by atoms with E-state index in [-0.39, 0.29) is 18.9 Å². The summed E-state index contributed by atoms with van der Waals surface area (Å²) in [6.45, 7) is 0.270. The Bertz CT molecular complexity index is 461. The van der Waals surface area contributed by atoms with Gasteiger partial charge in [-0.1, -0.05) is 12.1 Å². The summed E-state index contributed by atoms with van der Waals surface area (Å²) in [5.41, 5.74) is 0.814. The molecule has 1 aromatic carbocycles. The Kier molecular flexibility index (Phi) is 3.38. The molecule has 1 amide bonds. The lowest BCUT2D eigenvalue weighted by molar-refractivity contribution is -0.141. The van der Waals surface area contributed by atoms with Crippen molar-refractivity contribution in [3.63, 3.8) is 0 Å². The first-order chi connectivity index (χ1) is 8.13. The second kappa shape index (κ2) is 4.79. The molecule has 0 radical (unpaired) electrons. The van der Waals surface area contributed by atoms with Crippen LogP contribution in [0.5, 0.6) is 0 Å². The molecule has 1 saturated heterocycles. The fourth-order valence-electron chi connectivity index (χ4n) is 1.96. The van der Waals surface area contributed by atoms with Crippen molar-refractivity contribution in [1.29, 1.82) is 0 Å². The van der Waals surface area contributed by atoms with Crippen LogP contribution in [0.3, 0.4) is 0 Å². The molecule has 0 bridgehead atoms. The van der Waals surface area contributed by atoms with Crippen molar-refractivity contribution in [2.75, 3.05) is 17.7 Å². The first kappa shape index (κ1) is 12.0. The lowest BCUT2D eigenvalue weighted by Gasteiger charge is -2.18. The molecule has 0 aliphatic carbocycles. The highest BCUT2D eigenvalue weighted by Gasteiger charge is 2.35. The second-order valence-corrected chi connectivity index (χ2v) is 4.76. The van der Waals surface area contributed by atoms with Gasteiger partial charge in [0, 0.05) is 17.9 Å². The van der Waals surface area contributed by atoms with Gasteiger partial charge < -0.3 is 10.0 Å². The molecule has 1 aromatic rings. The Hall–Kier alpha value is -1.49. The zero-order valence-electron chi connectivity index (χ0n) is 9.42. The minimum Gasteiger partial charge on any atom is -0.481 e. The Labute approximate surface area is 104 Å². The largest absolute Gasteiger partial charge is 0.481 e. The van der Waals surface area contributed by atoms with Crippen molar-refractivity contribution in [3.8, 4) is 0 Å². The minimum atomic E-state index is -0.900. The van der Waals surface area contributed by atoms with Gasteiger partial charge >= 0.3 is 5.97 Å². The highest BCUT2D eigenvalue weighted by Crippen LogP contribution is 2.32. The van der Waals surface area contributed by atoms with Crippen LogP contribution < -0.4 is 4.90 Å². The number of amides is 1. The molecule has 1 heterocycles. The van der Waals surface area contributed by atoms with E-state index < -0.39 is 11.9 Å². The molecule has 1 atom stereocenters. The van der Waals surface area contributed by atoms with Crippen LogP contribution in [0, 0.1) is 5.92 Å². The zero-order valence-corrected chi connectivity index (χ0v) is 10.2. The molecular formula is C12H13NO3S. The summed E-state index contributed by atoms with van der Waals surface area (Å²) >= 11 is 1.55. The van der Waals surface area contributed by atoms with Crippen LogP contribution in [-0.4, -0.2) is 29.8 Å². The number of benzene rings is 1. The van der Waals surface area contributed by atoms with E-state index in [1.165, 1.54) is 0 Å². The lowest BCUT2D eigenvalue weighted by Crippen LogP contribution is -2.26. The smallest absolute Gasteiger partial charge is 0.308 e. The number of hydrogen-bond acceptors (Lipinski definition) is 3. The molecule has 1 fully saturated rings. The molecule has 5 heteroatoms. The number of thioether (sulfide) groups is 1. The molecular weight excluding hydrogens is 238 g/mol. The number of hydrogen-bond donors (Lipinski definition) is 1. The molecule has 1 N–H and O–H groups in total. The summed E-state index contributed by atoms with van der Waals surface area (Å²) in [5, 5.41) is 8.94. The van der Waals surface area contributed by atoms with Crippen LogP contribution in [0.4, 0.5) is 5.69 Å². The van der Waals surface area contributed by atoms with E-state index in [0.29, 0.717) is 0 Å². The van der Waals surface area contributed by atoms with Crippen LogP contribution in [0.15, 0.2) is 29.2 Å². The summed E-state index contributed by atoms with van der Waals surface area (Å²) in [5.74, 6) is -1.60. The molecule has 4 nitrogen and oxygen atoms in total. The fraction of sp³-hybridized carbons (Fsp3) is 0.333. The van der Waals surface area contributed by atoms with Crippen molar-refractivity contribution in [3.05, 3.63) is 24.3 Å². The van der Waals surface area contributed by atoms with E-state index in [2.05, 4.69) is 0 Å². The average molecular weight is 251 g/mol. The number of para-hydroxylation sites is 1. The predicted molar refractivity (Wildman–Crippen MR) is 66.3 cm³/mol. The van der Waals surface area contributed by atoms with Crippen LogP contribution >= 0.6 is 11.8 Å². The third kappa shape index (κ3) is 2.29. The van der Waals surface area contributed by atoms with E-state index in [4.69, 9.17) is 5.11 Å². The summed E-state index contributed by atoms with van der Waals surface area (Å²) in [6.07, 6.45) is 2.03. The molecule has 1 aliphatic rings. The Morgan fingerprint density at radius 1 is 1.47 bits per heavy atom. The Morgan fingerprint density at radius 3 is 2.76 bits per heavy atom. The van der Waals surface area contributed by atoms with E-state index in [1.807, 2.05) is 30.5 Å². The first-order valence-electron chi connectivity index (χ1n) is 5.29. The minimum absolute atomic E-state index is 0.0953. The van der Waals surface area contributed by atoms with Crippen LogP contribution in [0.25, 0.3) is 0 Å². The van der Waals surface area contributed by atoms with E-state index in [0.717, 1.165) is 10.6 Å². The number of carbonyl (C=O) groups excluding carboxylic acids is 1.